The number of rotatable bonds is 1. The molecular formula is C12H15Cl2N. The Hall–Kier alpha value is -0.240. The van der Waals surface area contributed by atoms with Gasteiger partial charge in [0.2, 0.25) is 0 Å². The highest BCUT2D eigenvalue weighted by atomic mass is 35.5. The maximum absolute atomic E-state index is 6.22. The first-order chi connectivity index (χ1) is 7.18. The topological polar surface area (TPSA) is 12.0 Å². The minimum atomic E-state index is 0.566. The summed E-state index contributed by atoms with van der Waals surface area (Å²) in [6.07, 6.45) is 1.16. The van der Waals surface area contributed by atoms with Crippen molar-refractivity contribution >= 4 is 23.2 Å². The maximum Gasteiger partial charge on any atom is 0.0455 e. The molecule has 1 aromatic rings. The molecule has 1 aliphatic rings. The van der Waals surface area contributed by atoms with E-state index in [-0.39, 0.29) is 0 Å². The van der Waals surface area contributed by atoms with E-state index >= 15 is 0 Å². The summed E-state index contributed by atoms with van der Waals surface area (Å²) in [5, 5.41) is 4.92. The van der Waals surface area contributed by atoms with Crippen LogP contribution < -0.4 is 5.32 Å². The second-order valence-corrected chi connectivity index (χ2v) is 5.09. The van der Waals surface area contributed by atoms with Crippen molar-refractivity contribution in [3.63, 3.8) is 0 Å². The summed E-state index contributed by atoms with van der Waals surface area (Å²) in [4.78, 5) is 0. The van der Waals surface area contributed by atoms with E-state index in [0.717, 1.165) is 24.5 Å². The number of hydrogen-bond acceptors (Lipinski definition) is 1. The molecule has 0 saturated carbocycles. The van der Waals surface area contributed by atoms with Crippen molar-refractivity contribution < 1.29 is 0 Å². The molecule has 0 amide bonds. The van der Waals surface area contributed by atoms with Gasteiger partial charge < -0.3 is 5.32 Å². The van der Waals surface area contributed by atoms with Crippen LogP contribution in [0, 0.1) is 5.92 Å². The molecule has 82 valence electrons. The predicted octanol–water partition coefficient (Wildman–Crippen LogP) is 3.71. The Morgan fingerprint density at radius 1 is 1.33 bits per heavy atom. The van der Waals surface area contributed by atoms with Gasteiger partial charge in [-0.3, -0.25) is 0 Å². The van der Waals surface area contributed by atoms with E-state index in [4.69, 9.17) is 23.2 Å². The van der Waals surface area contributed by atoms with Gasteiger partial charge in [-0.1, -0.05) is 36.2 Å². The lowest BCUT2D eigenvalue weighted by atomic mass is 9.82. The lowest BCUT2D eigenvalue weighted by Gasteiger charge is -2.30. The summed E-state index contributed by atoms with van der Waals surface area (Å²) in [7, 11) is 0. The summed E-state index contributed by atoms with van der Waals surface area (Å²) in [5.74, 6) is 1.20. The summed E-state index contributed by atoms with van der Waals surface area (Å²) in [6, 6.07) is 5.84. The first kappa shape index (κ1) is 11.3. The molecule has 0 aromatic heterocycles. The fraction of sp³-hybridized carbons (Fsp3) is 0.500. The molecule has 3 heteroatoms. The van der Waals surface area contributed by atoms with Gasteiger partial charge in [-0.15, -0.1) is 0 Å². The summed E-state index contributed by atoms with van der Waals surface area (Å²) < 4.78 is 0. The first-order valence-corrected chi connectivity index (χ1v) is 6.09. The average Bonchev–Trinajstić information content (AvgIpc) is 2.20. The lowest BCUT2D eigenvalue weighted by Crippen LogP contribution is -2.33. The molecule has 1 N–H and O–H groups in total. The van der Waals surface area contributed by atoms with Crippen LogP contribution in [-0.4, -0.2) is 13.1 Å². The summed E-state index contributed by atoms with van der Waals surface area (Å²) >= 11 is 12.1. The van der Waals surface area contributed by atoms with Crippen molar-refractivity contribution in [1.29, 1.82) is 0 Å². The highest BCUT2D eigenvalue weighted by Crippen LogP contribution is 2.35. The van der Waals surface area contributed by atoms with E-state index < -0.39 is 0 Å². The molecule has 1 saturated heterocycles. The van der Waals surface area contributed by atoms with E-state index in [2.05, 4.69) is 18.3 Å². The molecule has 0 spiro atoms. The van der Waals surface area contributed by atoms with Gasteiger partial charge in [0.1, 0.15) is 0 Å². The van der Waals surface area contributed by atoms with Crippen LogP contribution >= 0.6 is 23.2 Å². The molecule has 0 unspecified atom stereocenters. The van der Waals surface area contributed by atoms with Crippen molar-refractivity contribution in [2.24, 2.45) is 5.92 Å². The van der Waals surface area contributed by atoms with Crippen LogP contribution in [0.25, 0.3) is 0 Å². The van der Waals surface area contributed by atoms with Gasteiger partial charge >= 0.3 is 0 Å². The van der Waals surface area contributed by atoms with Crippen LogP contribution in [0.1, 0.15) is 24.8 Å². The van der Waals surface area contributed by atoms with Crippen LogP contribution in [0.3, 0.4) is 0 Å². The second kappa shape index (κ2) is 4.73. The molecule has 0 radical (unpaired) electrons. The molecule has 0 aliphatic carbocycles. The molecule has 1 nitrogen and oxygen atoms in total. The standard InChI is InChI=1S/C12H15Cl2N/c1-8-7-15-5-4-10(8)11-3-2-9(13)6-12(11)14/h2-3,6,8,10,15H,4-5,7H2,1H3/t8-,10+/m0/s1. The van der Waals surface area contributed by atoms with Crippen molar-refractivity contribution in [3.8, 4) is 0 Å². The smallest absolute Gasteiger partial charge is 0.0455 e. The van der Waals surface area contributed by atoms with Crippen LogP contribution in [0.2, 0.25) is 10.0 Å². The lowest BCUT2D eigenvalue weighted by molar-refractivity contribution is 0.349. The van der Waals surface area contributed by atoms with E-state index in [1.54, 1.807) is 0 Å². The van der Waals surface area contributed by atoms with E-state index in [1.807, 2.05) is 12.1 Å². The van der Waals surface area contributed by atoms with E-state index in [9.17, 15) is 0 Å². The van der Waals surface area contributed by atoms with Gasteiger partial charge in [0.05, 0.1) is 0 Å². The normalized spacial score (nSPS) is 26.6. The summed E-state index contributed by atoms with van der Waals surface area (Å²) in [6.45, 7) is 4.42. The minimum absolute atomic E-state index is 0.566. The van der Waals surface area contributed by atoms with Crippen molar-refractivity contribution in [2.75, 3.05) is 13.1 Å². The van der Waals surface area contributed by atoms with Gasteiger partial charge in [-0.2, -0.15) is 0 Å². The molecule has 2 rings (SSSR count). The molecule has 0 bridgehead atoms. The van der Waals surface area contributed by atoms with Crippen molar-refractivity contribution in [2.45, 2.75) is 19.3 Å². The van der Waals surface area contributed by atoms with E-state index in [1.165, 1.54) is 5.56 Å². The Balaban J connectivity index is 2.27. The molecule has 1 fully saturated rings. The van der Waals surface area contributed by atoms with Gasteiger partial charge in [-0.25, -0.2) is 0 Å². The third kappa shape index (κ3) is 2.47. The first-order valence-electron chi connectivity index (χ1n) is 5.34. The fourth-order valence-corrected chi connectivity index (χ4v) is 2.83. The largest absolute Gasteiger partial charge is 0.316 e. The third-order valence-corrected chi connectivity index (χ3v) is 3.71. The molecule has 15 heavy (non-hydrogen) atoms. The Morgan fingerprint density at radius 2 is 2.13 bits per heavy atom. The number of piperidine rings is 1. The number of halogens is 2. The number of nitrogens with one attached hydrogen (secondary N) is 1. The Kier molecular flexibility index (Phi) is 3.55. The zero-order chi connectivity index (χ0) is 10.8. The maximum atomic E-state index is 6.22. The van der Waals surface area contributed by atoms with E-state index in [0.29, 0.717) is 16.9 Å². The highest BCUT2D eigenvalue weighted by Gasteiger charge is 2.24. The van der Waals surface area contributed by atoms with Crippen molar-refractivity contribution in [3.05, 3.63) is 33.8 Å². The fourth-order valence-electron chi connectivity index (χ4n) is 2.28. The zero-order valence-corrected chi connectivity index (χ0v) is 10.3. The van der Waals surface area contributed by atoms with Gasteiger partial charge in [0, 0.05) is 10.0 Å². The minimum Gasteiger partial charge on any atom is -0.316 e. The molecule has 1 aromatic carbocycles. The van der Waals surface area contributed by atoms with Crippen LogP contribution in [0.15, 0.2) is 18.2 Å². The highest BCUT2D eigenvalue weighted by molar-refractivity contribution is 6.35. The Morgan fingerprint density at radius 3 is 2.80 bits per heavy atom. The Labute approximate surface area is 101 Å². The molecule has 2 atom stereocenters. The molecule has 1 aliphatic heterocycles. The monoisotopic (exact) mass is 243 g/mol. The van der Waals surface area contributed by atoms with Crippen LogP contribution in [-0.2, 0) is 0 Å². The quantitative estimate of drug-likeness (QED) is 0.794. The number of hydrogen-bond donors (Lipinski definition) is 1. The van der Waals surface area contributed by atoms with Crippen LogP contribution in [0.5, 0.6) is 0 Å². The Bertz CT molecular complexity index is 351. The average molecular weight is 244 g/mol. The SMILES string of the molecule is C[C@H]1CNCC[C@H]1c1ccc(Cl)cc1Cl. The molecular weight excluding hydrogens is 229 g/mol. The van der Waals surface area contributed by atoms with Gasteiger partial charge in [0.15, 0.2) is 0 Å². The second-order valence-electron chi connectivity index (χ2n) is 4.24. The summed E-state index contributed by atoms with van der Waals surface area (Å²) in [5.41, 5.74) is 1.25. The third-order valence-electron chi connectivity index (χ3n) is 3.15. The zero-order valence-electron chi connectivity index (χ0n) is 8.76. The van der Waals surface area contributed by atoms with Crippen molar-refractivity contribution in [1.82, 2.24) is 5.32 Å². The van der Waals surface area contributed by atoms with Crippen LogP contribution in [0.4, 0.5) is 0 Å². The predicted molar refractivity (Wildman–Crippen MR) is 65.9 cm³/mol. The van der Waals surface area contributed by atoms with Gasteiger partial charge in [0.25, 0.3) is 0 Å². The molecule has 1 heterocycles. The number of benzene rings is 1. The van der Waals surface area contributed by atoms with Gasteiger partial charge in [-0.05, 0) is 49.0 Å².